The molecule has 0 amide bonds. The molecule has 17 heavy (non-hydrogen) atoms. The number of halogens is 1. The number of rotatable bonds is 4. The van der Waals surface area contributed by atoms with E-state index in [-0.39, 0.29) is 0 Å². The van der Waals surface area contributed by atoms with Crippen LogP contribution in [0, 0.1) is 0 Å². The summed E-state index contributed by atoms with van der Waals surface area (Å²) in [4.78, 5) is 2.37. The second-order valence-electron chi connectivity index (χ2n) is 3.65. The summed E-state index contributed by atoms with van der Waals surface area (Å²) in [5.74, 6) is 0. The fraction of sp³-hybridized carbons (Fsp3) is 0.0667. The van der Waals surface area contributed by atoms with Gasteiger partial charge in [-0.25, -0.2) is 0 Å². The molecule has 0 unspecified atom stereocenters. The van der Waals surface area contributed by atoms with Crippen LogP contribution in [0.4, 0.5) is 0 Å². The van der Waals surface area contributed by atoms with Gasteiger partial charge in [-0.05, 0) is 17.7 Å². The van der Waals surface area contributed by atoms with E-state index in [1.165, 1.54) is 10.5 Å². The molecule has 0 aliphatic carbocycles. The first-order valence-electron chi connectivity index (χ1n) is 5.44. The molecule has 2 heteroatoms. The molecule has 0 aromatic heterocycles. The topological polar surface area (TPSA) is 0 Å². The highest BCUT2D eigenvalue weighted by molar-refractivity contribution is 8.03. The fourth-order valence-electron chi connectivity index (χ4n) is 1.53. The summed E-state index contributed by atoms with van der Waals surface area (Å²) in [7, 11) is 0. The van der Waals surface area contributed by atoms with Crippen molar-refractivity contribution in [1.82, 2.24) is 0 Å². The minimum absolute atomic E-state index is 0.879. The molecule has 0 heterocycles. The van der Waals surface area contributed by atoms with Gasteiger partial charge in [-0.2, -0.15) is 0 Å². The Balaban J connectivity index is 2.04. The first-order chi connectivity index (χ1) is 8.38. The van der Waals surface area contributed by atoms with Crippen molar-refractivity contribution in [2.24, 2.45) is 0 Å². The molecule has 2 aromatic carbocycles. The molecule has 0 bridgehead atoms. The molecule has 0 aliphatic rings. The number of benzene rings is 2. The van der Waals surface area contributed by atoms with Gasteiger partial charge in [0.05, 0.1) is 0 Å². The predicted octanol–water partition coefficient (Wildman–Crippen LogP) is 5.10. The van der Waals surface area contributed by atoms with E-state index in [0.29, 0.717) is 0 Å². The van der Waals surface area contributed by atoms with Crippen LogP contribution in [0.5, 0.6) is 0 Å². The van der Waals surface area contributed by atoms with Crippen LogP contribution in [0.15, 0.2) is 76.0 Å². The highest BCUT2D eigenvalue weighted by Gasteiger charge is 2.01. The normalized spacial score (nSPS) is 11.5. The molecule has 0 radical (unpaired) electrons. The lowest BCUT2D eigenvalue weighted by molar-refractivity contribution is 1.25. The van der Waals surface area contributed by atoms with Gasteiger partial charge >= 0.3 is 0 Å². The second-order valence-corrected chi connectivity index (χ2v) is 5.07. The summed E-state index contributed by atoms with van der Waals surface area (Å²) < 4.78 is 0. The third-order valence-electron chi connectivity index (χ3n) is 2.34. The van der Waals surface area contributed by atoms with Crippen LogP contribution in [0.1, 0.15) is 5.56 Å². The van der Waals surface area contributed by atoms with Crippen LogP contribution >= 0.6 is 23.4 Å². The van der Waals surface area contributed by atoms with Gasteiger partial charge in [-0.1, -0.05) is 71.9 Å². The first kappa shape index (κ1) is 12.3. The van der Waals surface area contributed by atoms with Crippen molar-refractivity contribution in [2.75, 3.05) is 0 Å². The maximum absolute atomic E-state index is 5.88. The second kappa shape index (κ2) is 6.53. The number of hydrogen-bond donors (Lipinski definition) is 0. The smallest absolute Gasteiger partial charge is 0.0145 e. The summed E-state index contributed by atoms with van der Waals surface area (Å²) in [6.07, 6.45) is 0.879. The van der Waals surface area contributed by atoms with E-state index in [0.717, 1.165) is 11.3 Å². The zero-order valence-corrected chi connectivity index (χ0v) is 10.9. The predicted molar refractivity (Wildman–Crippen MR) is 76.4 cm³/mol. The van der Waals surface area contributed by atoms with Crippen molar-refractivity contribution < 1.29 is 0 Å². The van der Waals surface area contributed by atoms with E-state index < -0.39 is 0 Å². The molecule has 0 N–H and O–H groups in total. The highest BCUT2D eigenvalue weighted by atomic mass is 35.5. The summed E-state index contributed by atoms with van der Waals surface area (Å²) in [5, 5.41) is 0. The molecule has 0 nitrogen and oxygen atoms in total. The third kappa shape index (κ3) is 3.95. The van der Waals surface area contributed by atoms with Crippen molar-refractivity contribution >= 4 is 23.4 Å². The Morgan fingerprint density at radius 2 is 1.53 bits per heavy atom. The Kier molecular flexibility index (Phi) is 4.72. The minimum Gasteiger partial charge on any atom is -0.0933 e. The Hall–Kier alpha value is -1.18. The van der Waals surface area contributed by atoms with Crippen molar-refractivity contribution in [3.8, 4) is 0 Å². The molecule has 0 atom stereocenters. The molecule has 0 aliphatic heterocycles. The van der Waals surface area contributed by atoms with E-state index in [1.54, 1.807) is 17.3 Å². The van der Waals surface area contributed by atoms with Gasteiger partial charge in [0, 0.05) is 21.8 Å². The lowest BCUT2D eigenvalue weighted by Gasteiger charge is -2.06. The van der Waals surface area contributed by atoms with E-state index in [1.807, 2.05) is 36.4 Å². The molecule has 0 saturated carbocycles. The highest BCUT2D eigenvalue weighted by Crippen LogP contribution is 2.29. The van der Waals surface area contributed by atoms with Gasteiger partial charge in [-0.3, -0.25) is 0 Å². The van der Waals surface area contributed by atoms with Gasteiger partial charge in [0.1, 0.15) is 0 Å². The largest absolute Gasteiger partial charge is 0.0933 e. The van der Waals surface area contributed by atoms with Crippen molar-refractivity contribution in [3.63, 3.8) is 0 Å². The molecular formula is C15H13ClS. The summed E-state index contributed by atoms with van der Waals surface area (Å²) in [5.41, 5.74) is 2.95. The molecule has 0 fully saturated rings. The van der Waals surface area contributed by atoms with E-state index in [4.69, 9.17) is 11.6 Å². The van der Waals surface area contributed by atoms with Gasteiger partial charge < -0.3 is 0 Å². The van der Waals surface area contributed by atoms with Crippen LogP contribution in [0.2, 0.25) is 0 Å². The quantitative estimate of drug-likeness (QED) is 0.689. The lowest BCUT2D eigenvalue weighted by Crippen LogP contribution is -1.86. The molecule has 0 spiro atoms. The van der Waals surface area contributed by atoms with Gasteiger partial charge in [0.25, 0.3) is 0 Å². The van der Waals surface area contributed by atoms with E-state index >= 15 is 0 Å². The van der Waals surface area contributed by atoms with Gasteiger partial charge in [-0.15, -0.1) is 0 Å². The molecule has 2 rings (SSSR count). The Morgan fingerprint density at radius 1 is 0.941 bits per heavy atom. The van der Waals surface area contributed by atoms with E-state index in [2.05, 4.69) is 24.3 Å². The number of allylic oxidation sites excluding steroid dienone is 1. The zero-order chi connectivity index (χ0) is 11.9. The van der Waals surface area contributed by atoms with Gasteiger partial charge in [0.15, 0.2) is 0 Å². The molecule has 86 valence electrons. The SMILES string of the molecule is Cl/C=C(\Cc1ccccc1)Sc1ccccc1. The summed E-state index contributed by atoms with van der Waals surface area (Å²) in [6, 6.07) is 20.6. The van der Waals surface area contributed by atoms with E-state index in [9.17, 15) is 0 Å². The maximum atomic E-state index is 5.88. The van der Waals surface area contributed by atoms with Crippen molar-refractivity contribution in [3.05, 3.63) is 76.7 Å². The fourth-order valence-corrected chi connectivity index (χ4v) is 2.62. The van der Waals surface area contributed by atoms with Crippen LogP contribution in [-0.2, 0) is 6.42 Å². The summed E-state index contributed by atoms with van der Waals surface area (Å²) in [6.45, 7) is 0. The van der Waals surface area contributed by atoms with Crippen LogP contribution < -0.4 is 0 Å². The monoisotopic (exact) mass is 260 g/mol. The third-order valence-corrected chi connectivity index (χ3v) is 3.76. The van der Waals surface area contributed by atoms with Crippen LogP contribution in [-0.4, -0.2) is 0 Å². The van der Waals surface area contributed by atoms with Crippen LogP contribution in [0.25, 0.3) is 0 Å². The van der Waals surface area contributed by atoms with Gasteiger partial charge in [0.2, 0.25) is 0 Å². The average Bonchev–Trinajstić information content (AvgIpc) is 2.40. The zero-order valence-electron chi connectivity index (χ0n) is 9.34. The summed E-state index contributed by atoms with van der Waals surface area (Å²) >= 11 is 7.60. The lowest BCUT2D eigenvalue weighted by atomic mass is 10.1. The van der Waals surface area contributed by atoms with Crippen LogP contribution in [0.3, 0.4) is 0 Å². The Morgan fingerprint density at radius 3 is 2.12 bits per heavy atom. The van der Waals surface area contributed by atoms with Crippen molar-refractivity contribution in [2.45, 2.75) is 11.3 Å². The Labute approximate surface area is 111 Å². The number of hydrogen-bond acceptors (Lipinski definition) is 1. The molecule has 0 saturated heterocycles. The Bertz CT molecular complexity index is 433. The average molecular weight is 261 g/mol. The van der Waals surface area contributed by atoms with Crippen molar-refractivity contribution in [1.29, 1.82) is 0 Å². The first-order valence-corrected chi connectivity index (χ1v) is 6.70. The minimum atomic E-state index is 0.879. The standard InChI is InChI=1S/C15H13ClS/c16-12-15(11-13-7-3-1-4-8-13)17-14-9-5-2-6-10-14/h1-10,12H,11H2/b15-12+. The maximum Gasteiger partial charge on any atom is 0.0145 e. The molecular weight excluding hydrogens is 248 g/mol. The molecule has 2 aromatic rings. The number of thioether (sulfide) groups is 1.